The lowest BCUT2D eigenvalue weighted by Gasteiger charge is -2.39. The first-order chi connectivity index (χ1) is 14.7. The lowest BCUT2D eigenvalue weighted by Crippen LogP contribution is -2.47. The molecule has 1 aromatic carbocycles. The fourth-order valence-corrected chi connectivity index (χ4v) is 4.99. The zero-order valence-electron chi connectivity index (χ0n) is 19.3. The molecule has 2 amide bonds. The van der Waals surface area contributed by atoms with Crippen LogP contribution in [0.5, 0.6) is 0 Å². The summed E-state index contributed by atoms with van der Waals surface area (Å²) in [5, 5.41) is 0. The second-order valence-electron chi connectivity index (χ2n) is 10.1. The highest BCUT2D eigenvalue weighted by Gasteiger charge is 2.47. The van der Waals surface area contributed by atoms with Crippen LogP contribution in [-0.4, -0.2) is 73.3 Å². The van der Waals surface area contributed by atoms with Gasteiger partial charge in [-0.2, -0.15) is 0 Å². The maximum absolute atomic E-state index is 13.0. The Kier molecular flexibility index (Phi) is 6.01. The number of rotatable bonds is 2. The Balaban J connectivity index is 1.62. The van der Waals surface area contributed by atoms with E-state index in [1.807, 2.05) is 30.6 Å². The van der Waals surface area contributed by atoms with Crippen LogP contribution in [-0.2, 0) is 26.2 Å². The third-order valence-corrected chi connectivity index (χ3v) is 6.67. The van der Waals surface area contributed by atoms with Gasteiger partial charge in [0.25, 0.3) is 0 Å². The maximum atomic E-state index is 13.0. The first-order valence-corrected chi connectivity index (χ1v) is 11.4. The number of hydrogen-bond donors (Lipinski definition) is 0. The van der Waals surface area contributed by atoms with Gasteiger partial charge in [0.2, 0.25) is 5.91 Å². The van der Waals surface area contributed by atoms with E-state index in [2.05, 4.69) is 23.1 Å². The number of carbonyl (C=O) groups is 2. The van der Waals surface area contributed by atoms with Gasteiger partial charge in [0.1, 0.15) is 5.60 Å². The van der Waals surface area contributed by atoms with Crippen molar-refractivity contribution in [1.82, 2.24) is 9.80 Å². The molecule has 4 rings (SSSR count). The number of nitrogens with zero attached hydrogens (tertiary/aromatic N) is 3. The van der Waals surface area contributed by atoms with Crippen molar-refractivity contribution in [2.75, 3.05) is 50.8 Å². The Labute approximate surface area is 185 Å². The summed E-state index contributed by atoms with van der Waals surface area (Å²) < 4.78 is 11.2. The van der Waals surface area contributed by atoms with Crippen molar-refractivity contribution in [2.24, 2.45) is 0 Å². The Morgan fingerprint density at radius 3 is 2.39 bits per heavy atom. The molecule has 1 aromatic rings. The van der Waals surface area contributed by atoms with Gasteiger partial charge in [-0.05, 0) is 50.8 Å². The highest BCUT2D eigenvalue weighted by atomic mass is 16.6. The second kappa shape index (κ2) is 8.43. The van der Waals surface area contributed by atoms with Gasteiger partial charge in [-0.25, -0.2) is 4.79 Å². The molecule has 0 unspecified atom stereocenters. The summed E-state index contributed by atoms with van der Waals surface area (Å²) in [5.41, 5.74) is 2.78. The third kappa shape index (κ3) is 4.72. The standard InChI is InChI=1S/C24H35N3O4/c1-18(28)26-9-7-24(8-10-26)17-27(22(29)31-23(2,3)4)21-6-5-19(15-20(21)24)16-25-11-13-30-14-12-25/h5-6,15H,7-14,16-17H2,1-4H3. The number of ether oxygens (including phenoxy) is 2. The molecule has 3 aliphatic heterocycles. The van der Waals surface area contributed by atoms with Crippen molar-refractivity contribution in [1.29, 1.82) is 0 Å². The lowest BCUT2D eigenvalue weighted by molar-refractivity contribution is -0.130. The number of piperidine rings is 1. The minimum Gasteiger partial charge on any atom is -0.443 e. The normalized spacial score (nSPS) is 21.3. The molecule has 0 aromatic heterocycles. The van der Waals surface area contributed by atoms with E-state index >= 15 is 0 Å². The van der Waals surface area contributed by atoms with E-state index in [4.69, 9.17) is 9.47 Å². The molecule has 170 valence electrons. The topological polar surface area (TPSA) is 62.3 Å². The number of carbonyl (C=O) groups excluding carboxylic acids is 2. The van der Waals surface area contributed by atoms with E-state index < -0.39 is 5.60 Å². The summed E-state index contributed by atoms with van der Waals surface area (Å²) in [4.78, 5) is 31.1. The summed E-state index contributed by atoms with van der Waals surface area (Å²) in [7, 11) is 0. The van der Waals surface area contributed by atoms with Crippen molar-refractivity contribution in [3.05, 3.63) is 29.3 Å². The van der Waals surface area contributed by atoms with Crippen LogP contribution >= 0.6 is 0 Å². The average molecular weight is 430 g/mol. The first kappa shape index (κ1) is 22.1. The first-order valence-electron chi connectivity index (χ1n) is 11.4. The van der Waals surface area contributed by atoms with Crippen molar-refractivity contribution in [3.8, 4) is 0 Å². The zero-order chi connectivity index (χ0) is 22.2. The van der Waals surface area contributed by atoms with Crippen molar-refractivity contribution >= 4 is 17.7 Å². The molecule has 0 saturated carbocycles. The smallest absolute Gasteiger partial charge is 0.414 e. The van der Waals surface area contributed by atoms with E-state index in [0.717, 1.165) is 64.5 Å². The van der Waals surface area contributed by atoms with Crippen LogP contribution in [0.15, 0.2) is 18.2 Å². The SMILES string of the molecule is CC(=O)N1CCC2(CC1)CN(C(=O)OC(C)(C)C)c1ccc(CN3CCOCC3)cc12. The van der Waals surface area contributed by atoms with Gasteiger partial charge in [0.15, 0.2) is 0 Å². The van der Waals surface area contributed by atoms with E-state index in [1.165, 1.54) is 11.1 Å². The van der Waals surface area contributed by atoms with Gasteiger partial charge in [-0.3, -0.25) is 14.6 Å². The van der Waals surface area contributed by atoms with Crippen molar-refractivity contribution in [2.45, 2.75) is 58.1 Å². The van der Waals surface area contributed by atoms with Crippen LogP contribution in [0.1, 0.15) is 51.7 Å². The molecule has 7 heteroatoms. The van der Waals surface area contributed by atoms with Gasteiger partial charge in [0.05, 0.1) is 18.9 Å². The molecular weight excluding hydrogens is 394 g/mol. The van der Waals surface area contributed by atoms with Crippen LogP contribution < -0.4 is 4.90 Å². The highest BCUT2D eigenvalue weighted by molar-refractivity contribution is 5.92. The zero-order valence-corrected chi connectivity index (χ0v) is 19.3. The Morgan fingerprint density at radius 2 is 1.77 bits per heavy atom. The Bertz CT molecular complexity index is 834. The summed E-state index contributed by atoms with van der Waals surface area (Å²) in [6, 6.07) is 6.51. The summed E-state index contributed by atoms with van der Waals surface area (Å²) in [5.74, 6) is 0.123. The molecular formula is C24H35N3O4. The minimum atomic E-state index is -0.540. The Morgan fingerprint density at radius 1 is 1.10 bits per heavy atom. The van der Waals surface area contributed by atoms with Crippen LogP contribution in [0.2, 0.25) is 0 Å². The van der Waals surface area contributed by atoms with Gasteiger partial charge in [-0.15, -0.1) is 0 Å². The van der Waals surface area contributed by atoms with Gasteiger partial charge >= 0.3 is 6.09 Å². The predicted octanol–water partition coefficient (Wildman–Crippen LogP) is 3.15. The largest absolute Gasteiger partial charge is 0.443 e. The van der Waals surface area contributed by atoms with Crippen molar-refractivity contribution < 1.29 is 19.1 Å². The van der Waals surface area contributed by atoms with Crippen LogP contribution in [0.3, 0.4) is 0 Å². The number of morpholine rings is 1. The quantitative estimate of drug-likeness (QED) is 0.723. The van der Waals surface area contributed by atoms with Gasteiger partial charge in [-0.1, -0.05) is 12.1 Å². The lowest BCUT2D eigenvalue weighted by atomic mass is 9.74. The maximum Gasteiger partial charge on any atom is 0.414 e. The van der Waals surface area contributed by atoms with Crippen LogP contribution in [0.25, 0.3) is 0 Å². The number of benzene rings is 1. The molecule has 2 fully saturated rings. The van der Waals surface area contributed by atoms with Crippen LogP contribution in [0.4, 0.5) is 10.5 Å². The number of likely N-dealkylation sites (tertiary alicyclic amines) is 1. The summed E-state index contributed by atoms with van der Waals surface area (Å²) in [6.45, 7) is 13.7. The highest BCUT2D eigenvalue weighted by Crippen LogP contribution is 2.48. The predicted molar refractivity (Wildman–Crippen MR) is 119 cm³/mol. The molecule has 3 aliphatic rings. The van der Waals surface area contributed by atoms with Gasteiger partial charge in [0, 0.05) is 51.6 Å². The monoisotopic (exact) mass is 429 g/mol. The minimum absolute atomic E-state index is 0.123. The molecule has 31 heavy (non-hydrogen) atoms. The second-order valence-corrected chi connectivity index (χ2v) is 10.1. The fraction of sp³-hybridized carbons (Fsp3) is 0.667. The molecule has 0 atom stereocenters. The number of hydrogen-bond acceptors (Lipinski definition) is 5. The molecule has 0 aliphatic carbocycles. The van der Waals surface area contributed by atoms with Gasteiger partial charge < -0.3 is 14.4 Å². The van der Waals surface area contributed by atoms with E-state index in [1.54, 1.807) is 6.92 Å². The number of anilines is 1. The third-order valence-electron chi connectivity index (χ3n) is 6.67. The fourth-order valence-electron chi connectivity index (χ4n) is 4.99. The summed E-state index contributed by atoms with van der Waals surface area (Å²) >= 11 is 0. The summed E-state index contributed by atoms with van der Waals surface area (Å²) in [6.07, 6.45) is 1.43. The number of fused-ring (bicyclic) bond motifs is 2. The molecule has 3 heterocycles. The molecule has 0 bridgehead atoms. The van der Waals surface area contributed by atoms with Crippen molar-refractivity contribution in [3.63, 3.8) is 0 Å². The molecule has 0 radical (unpaired) electrons. The molecule has 2 saturated heterocycles. The molecule has 1 spiro atoms. The molecule has 0 N–H and O–H groups in total. The Hall–Kier alpha value is -2.12. The van der Waals surface area contributed by atoms with Crippen LogP contribution in [0, 0.1) is 0 Å². The van der Waals surface area contributed by atoms with E-state index in [-0.39, 0.29) is 17.4 Å². The average Bonchev–Trinajstić information content (AvgIpc) is 3.02. The molecule has 7 nitrogen and oxygen atoms in total. The number of amides is 2. The van der Waals surface area contributed by atoms with E-state index in [0.29, 0.717) is 6.54 Å². The van der Waals surface area contributed by atoms with E-state index in [9.17, 15) is 9.59 Å².